The monoisotopic (exact) mass is 486 g/mol. The van der Waals surface area contributed by atoms with E-state index in [9.17, 15) is 31.1 Å². The van der Waals surface area contributed by atoms with Crippen molar-refractivity contribution in [1.82, 2.24) is 15.6 Å². The molecule has 3 rings (SSSR count). The summed E-state index contributed by atoms with van der Waals surface area (Å²) in [7, 11) is 1.40. The van der Waals surface area contributed by atoms with E-state index in [4.69, 9.17) is 14.6 Å². The molecule has 2 saturated heterocycles. The largest absolute Gasteiger partial charge is 0.490 e. The van der Waals surface area contributed by atoms with E-state index in [1.807, 2.05) is 0 Å². The van der Waals surface area contributed by atoms with Crippen molar-refractivity contribution >= 4 is 17.7 Å². The minimum Gasteiger partial charge on any atom is -0.481 e. The van der Waals surface area contributed by atoms with Crippen molar-refractivity contribution in [1.29, 1.82) is 0 Å². The van der Waals surface area contributed by atoms with Crippen LogP contribution in [0.2, 0.25) is 0 Å². The van der Waals surface area contributed by atoms with Crippen LogP contribution < -0.4 is 20.3 Å². The van der Waals surface area contributed by atoms with E-state index in [-0.39, 0.29) is 56.1 Å². The minimum absolute atomic E-state index is 0.00452. The first-order valence-corrected chi connectivity index (χ1v) is 10.0. The number of anilines is 1. The van der Waals surface area contributed by atoms with Gasteiger partial charge in [0.25, 0.3) is 5.92 Å². The number of rotatable bonds is 5. The molecule has 2 aliphatic rings. The number of hydrogen-bond donors (Lipinski definition) is 3. The third-order valence-electron chi connectivity index (χ3n) is 5.06. The number of hydrogen-bond acceptors (Lipinski definition) is 6. The lowest BCUT2D eigenvalue weighted by Crippen LogP contribution is -2.40. The number of ether oxygens (including phenoxy) is 1. The van der Waals surface area contributed by atoms with Crippen molar-refractivity contribution in [2.24, 2.45) is 0 Å². The first-order chi connectivity index (χ1) is 15.3. The lowest BCUT2D eigenvalue weighted by molar-refractivity contribution is -0.192. The van der Waals surface area contributed by atoms with Crippen LogP contribution in [-0.4, -0.2) is 66.9 Å². The zero-order chi connectivity index (χ0) is 24.8. The van der Waals surface area contributed by atoms with E-state index in [0.717, 1.165) is 19.4 Å². The fraction of sp³-hybridized carbons (Fsp3) is 0.632. The predicted molar refractivity (Wildman–Crippen MR) is 104 cm³/mol. The van der Waals surface area contributed by atoms with Gasteiger partial charge in [0.1, 0.15) is 0 Å². The molecule has 8 nitrogen and oxygen atoms in total. The number of carbonyl (C=O) groups is 2. The summed E-state index contributed by atoms with van der Waals surface area (Å²) in [5, 5.41) is 13.0. The molecule has 33 heavy (non-hydrogen) atoms. The Morgan fingerprint density at radius 3 is 2.42 bits per heavy atom. The molecule has 0 bridgehead atoms. The Morgan fingerprint density at radius 1 is 1.33 bits per heavy atom. The molecule has 186 valence electrons. The molecule has 1 aromatic heterocycles. The lowest BCUT2D eigenvalue weighted by atomic mass is 10.1. The van der Waals surface area contributed by atoms with Gasteiger partial charge in [-0.1, -0.05) is 0 Å². The number of piperidine rings is 1. The van der Waals surface area contributed by atoms with Gasteiger partial charge < -0.3 is 25.4 Å². The summed E-state index contributed by atoms with van der Waals surface area (Å²) in [5.74, 6) is -6.04. The Labute approximate surface area is 185 Å². The number of pyridine rings is 1. The highest BCUT2D eigenvalue weighted by molar-refractivity contribution is 5.82. The maximum absolute atomic E-state index is 14.5. The molecule has 2 aliphatic heterocycles. The third kappa shape index (κ3) is 7.65. The number of carboxylic acid groups (broad SMARTS) is 1. The number of halogens is 6. The summed E-state index contributed by atoms with van der Waals surface area (Å²) < 4.78 is 78.0. The fourth-order valence-corrected chi connectivity index (χ4v) is 3.29. The highest BCUT2D eigenvalue weighted by atomic mass is 19.4. The van der Waals surface area contributed by atoms with Gasteiger partial charge in [0.05, 0.1) is 13.2 Å². The number of carbonyl (C=O) groups excluding carboxylic acids is 1. The zero-order valence-electron chi connectivity index (χ0n) is 17.6. The second-order valence-corrected chi connectivity index (χ2v) is 7.47. The average Bonchev–Trinajstić information content (AvgIpc) is 3.27. The van der Waals surface area contributed by atoms with Crippen LogP contribution in [0, 0.1) is 5.82 Å². The van der Waals surface area contributed by atoms with E-state index < -0.39 is 23.9 Å². The number of methoxy groups -OCH3 is 1. The minimum atomic E-state index is -5.08. The van der Waals surface area contributed by atoms with Gasteiger partial charge in [-0.15, -0.1) is 0 Å². The summed E-state index contributed by atoms with van der Waals surface area (Å²) in [4.78, 5) is 26.6. The average molecular weight is 486 g/mol. The summed E-state index contributed by atoms with van der Waals surface area (Å²) in [6, 6.07) is 1.02. The number of nitrogens with one attached hydrogen (secondary N) is 2. The molecule has 1 aromatic rings. The predicted octanol–water partition coefficient (Wildman–Crippen LogP) is 2.47. The van der Waals surface area contributed by atoms with Crippen molar-refractivity contribution in [3.05, 3.63) is 17.4 Å². The molecule has 0 saturated carbocycles. The van der Waals surface area contributed by atoms with Crippen molar-refractivity contribution < 1.29 is 45.8 Å². The molecule has 3 heterocycles. The van der Waals surface area contributed by atoms with Crippen molar-refractivity contribution in [2.75, 3.05) is 31.6 Å². The van der Waals surface area contributed by atoms with Crippen molar-refractivity contribution in [3.8, 4) is 5.88 Å². The van der Waals surface area contributed by atoms with E-state index >= 15 is 0 Å². The van der Waals surface area contributed by atoms with Gasteiger partial charge in [0.15, 0.2) is 11.6 Å². The van der Waals surface area contributed by atoms with Gasteiger partial charge >= 0.3 is 12.1 Å². The van der Waals surface area contributed by atoms with E-state index in [2.05, 4.69) is 15.6 Å². The Hall–Kier alpha value is -2.77. The maximum Gasteiger partial charge on any atom is 0.490 e. The second-order valence-electron chi connectivity index (χ2n) is 7.47. The van der Waals surface area contributed by atoms with Crippen LogP contribution in [0.1, 0.15) is 31.2 Å². The lowest BCUT2D eigenvalue weighted by Gasteiger charge is -2.32. The first-order valence-electron chi connectivity index (χ1n) is 10.0. The highest BCUT2D eigenvalue weighted by Crippen LogP contribution is 2.32. The molecule has 0 radical (unpaired) electrons. The van der Waals surface area contributed by atoms with E-state index in [1.54, 1.807) is 0 Å². The molecule has 0 unspecified atom stereocenters. The summed E-state index contributed by atoms with van der Waals surface area (Å²) in [6.45, 7) is 0.955. The Bertz CT molecular complexity index is 836. The normalized spacial score (nSPS) is 20.0. The van der Waals surface area contributed by atoms with Crippen LogP contribution in [-0.2, 0) is 16.1 Å². The molecular formula is C19H24F6N4O4. The highest BCUT2D eigenvalue weighted by Gasteiger charge is 2.38. The van der Waals surface area contributed by atoms with Gasteiger partial charge in [-0.25, -0.2) is 18.0 Å². The molecule has 14 heteroatoms. The zero-order valence-corrected chi connectivity index (χ0v) is 17.6. The second kappa shape index (κ2) is 10.9. The van der Waals surface area contributed by atoms with Crippen molar-refractivity contribution in [2.45, 2.75) is 50.4 Å². The summed E-state index contributed by atoms with van der Waals surface area (Å²) in [5.41, 5.74) is 0.405. The third-order valence-corrected chi connectivity index (χ3v) is 5.06. The van der Waals surface area contributed by atoms with Crippen LogP contribution >= 0.6 is 0 Å². The topological polar surface area (TPSA) is 104 Å². The molecule has 2 fully saturated rings. The SMILES string of the molecule is COc1nc(N2CCC(F)(F)CC2)c(F)cc1CNC(=O)[C@@H]1CCCN1.O=C(O)C(F)(F)F. The van der Waals surface area contributed by atoms with Crippen LogP contribution in [0.4, 0.5) is 32.2 Å². The number of amides is 1. The number of aromatic nitrogens is 1. The fourth-order valence-electron chi connectivity index (χ4n) is 3.29. The molecule has 3 N–H and O–H groups in total. The Kier molecular flexibility index (Phi) is 8.75. The summed E-state index contributed by atoms with van der Waals surface area (Å²) >= 11 is 0. The van der Waals surface area contributed by atoms with Gasteiger partial charge in [-0.05, 0) is 25.5 Å². The first kappa shape index (κ1) is 26.5. The van der Waals surface area contributed by atoms with Crippen LogP contribution in [0.25, 0.3) is 0 Å². The van der Waals surface area contributed by atoms with Crippen molar-refractivity contribution in [3.63, 3.8) is 0 Å². The number of alkyl halides is 5. The molecule has 0 aromatic carbocycles. The molecule has 0 aliphatic carbocycles. The molecule has 0 spiro atoms. The Morgan fingerprint density at radius 2 is 1.94 bits per heavy atom. The standard InChI is InChI=1S/C17H23F3N4O2.C2HF3O2/c1-26-16-11(10-22-15(25)13-3-2-6-21-13)9-12(18)14(23-16)24-7-4-17(19,20)5-8-24;3-2(4,5)1(6)7/h9,13,21H,2-8,10H2,1H3,(H,22,25);(H,6,7)/t13-;/m0./s1. The van der Waals surface area contributed by atoms with Gasteiger partial charge in [-0.2, -0.15) is 18.2 Å². The molecule has 1 atom stereocenters. The Balaban J connectivity index is 0.000000479. The number of carboxylic acids is 1. The number of nitrogens with zero attached hydrogens (tertiary/aromatic N) is 2. The van der Waals surface area contributed by atoms with Crippen LogP contribution in [0.15, 0.2) is 6.07 Å². The summed E-state index contributed by atoms with van der Waals surface area (Å²) in [6.07, 6.45) is -4.03. The quantitative estimate of drug-likeness (QED) is 0.550. The van der Waals surface area contributed by atoms with E-state index in [1.165, 1.54) is 18.1 Å². The van der Waals surface area contributed by atoms with Crippen LogP contribution in [0.5, 0.6) is 5.88 Å². The van der Waals surface area contributed by atoms with Crippen LogP contribution in [0.3, 0.4) is 0 Å². The van der Waals surface area contributed by atoms with Gasteiger partial charge in [-0.3, -0.25) is 4.79 Å². The molecule has 1 amide bonds. The maximum atomic E-state index is 14.5. The molecular weight excluding hydrogens is 462 g/mol. The van der Waals surface area contributed by atoms with E-state index in [0.29, 0.717) is 5.56 Å². The van der Waals surface area contributed by atoms with Gasteiger partial charge in [0, 0.05) is 38.0 Å². The number of aliphatic carboxylic acids is 1. The smallest absolute Gasteiger partial charge is 0.481 e. The van der Waals surface area contributed by atoms with Gasteiger partial charge in [0.2, 0.25) is 11.8 Å².